The molecule has 0 aliphatic carbocycles. The zero-order valence-corrected chi connectivity index (χ0v) is 14.6. The Kier molecular flexibility index (Phi) is 7.20. The lowest BCUT2D eigenvalue weighted by atomic mass is 10.1. The van der Waals surface area contributed by atoms with Crippen LogP contribution in [0.5, 0.6) is 17.2 Å². The van der Waals surface area contributed by atoms with Crippen molar-refractivity contribution in [3.63, 3.8) is 0 Å². The van der Waals surface area contributed by atoms with Gasteiger partial charge in [-0.2, -0.15) is 8.78 Å². The van der Waals surface area contributed by atoms with Crippen molar-refractivity contribution in [2.24, 2.45) is 0 Å². The van der Waals surface area contributed by atoms with Gasteiger partial charge < -0.3 is 19.5 Å². The Bertz CT molecular complexity index is 707. The number of carbonyl (C=O) groups excluding carboxylic acids is 1. The summed E-state index contributed by atoms with van der Waals surface area (Å²) in [4.78, 5) is 12.1. The van der Waals surface area contributed by atoms with Crippen LogP contribution in [0.15, 0.2) is 48.5 Å². The molecule has 2 rings (SSSR count). The fourth-order valence-electron chi connectivity index (χ4n) is 2.29. The SMILES string of the molecule is CCOc1ccccc1OCC(=O)NC(C)c1ccc(OC(F)F)cc1. The van der Waals surface area contributed by atoms with Crippen molar-refractivity contribution in [3.8, 4) is 17.2 Å². The van der Waals surface area contributed by atoms with Gasteiger partial charge in [-0.3, -0.25) is 4.79 Å². The minimum Gasteiger partial charge on any atom is -0.490 e. The van der Waals surface area contributed by atoms with Crippen molar-refractivity contribution in [2.45, 2.75) is 26.5 Å². The Hall–Kier alpha value is -2.83. The van der Waals surface area contributed by atoms with Gasteiger partial charge >= 0.3 is 6.61 Å². The third kappa shape index (κ3) is 5.91. The van der Waals surface area contributed by atoms with Crippen molar-refractivity contribution < 1.29 is 27.8 Å². The number of amides is 1. The largest absolute Gasteiger partial charge is 0.490 e. The van der Waals surface area contributed by atoms with E-state index in [9.17, 15) is 13.6 Å². The van der Waals surface area contributed by atoms with Gasteiger partial charge in [-0.1, -0.05) is 24.3 Å². The summed E-state index contributed by atoms with van der Waals surface area (Å²) in [6, 6.07) is 12.9. The first-order chi connectivity index (χ1) is 12.5. The summed E-state index contributed by atoms with van der Waals surface area (Å²) in [7, 11) is 0. The van der Waals surface area contributed by atoms with Crippen LogP contribution in [0, 0.1) is 0 Å². The summed E-state index contributed by atoms with van der Waals surface area (Å²) in [5, 5.41) is 2.78. The molecule has 26 heavy (non-hydrogen) atoms. The monoisotopic (exact) mass is 365 g/mol. The van der Waals surface area contributed by atoms with Gasteiger partial charge in [0.25, 0.3) is 5.91 Å². The van der Waals surface area contributed by atoms with E-state index in [2.05, 4.69) is 10.1 Å². The van der Waals surface area contributed by atoms with Crippen LogP contribution in [-0.4, -0.2) is 25.7 Å². The molecule has 140 valence electrons. The number of alkyl halides is 2. The molecule has 1 amide bonds. The Morgan fingerprint density at radius 1 is 1.04 bits per heavy atom. The highest BCUT2D eigenvalue weighted by atomic mass is 19.3. The lowest BCUT2D eigenvalue weighted by Crippen LogP contribution is -2.31. The maximum Gasteiger partial charge on any atom is 0.387 e. The zero-order valence-electron chi connectivity index (χ0n) is 14.6. The number of halogens is 2. The summed E-state index contributed by atoms with van der Waals surface area (Å²) in [6.45, 7) is 1.11. The van der Waals surface area contributed by atoms with E-state index in [1.165, 1.54) is 12.1 Å². The maximum atomic E-state index is 12.2. The molecular formula is C19H21F2NO4. The van der Waals surface area contributed by atoms with Crippen LogP contribution in [0.1, 0.15) is 25.5 Å². The molecule has 0 fully saturated rings. The maximum absolute atomic E-state index is 12.2. The van der Waals surface area contributed by atoms with E-state index in [4.69, 9.17) is 9.47 Å². The molecule has 7 heteroatoms. The second-order valence-electron chi connectivity index (χ2n) is 5.41. The van der Waals surface area contributed by atoms with Gasteiger partial charge in [-0.25, -0.2) is 0 Å². The third-order valence-corrected chi connectivity index (χ3v) is 3.49. The van der Waals surface area contributed by atoms with E-state index < -0.39 is 6.61 Å². The molecule has 0 bridgehead atoms. The van der Waals surface area contributed by atoms with Crippen molar-refractivity contribution >= 4 is 5.91 Å². The van der Waals surface area contributed by atoms with Gasteiger partial charge in [0.05, 0.1) is 12.6 Å². The molecule has 0 radical (unpaired) electrons. The molecular weight excluding hydrogens is 344 g/mol. The minimum atomic E-state index is -2.87. The highest BCUT2D eigenvalue weighted by Crippen LogP contribution is 2.26. The van der Waals surface area contributed by atoms with E-state index in [1.807, 2.05) is 13.0 Å². The summed E-state index contributed by atoms with van der Waals surface area (Å²) in [5.74, 6) is 0.825. The standard InChI is InChI=1S/C19H21F2NO4/c1-3-24-16-6-4-5-7-17(16)25-12-18(23)22-13(2)14-8-10-15(11-9-14)26-19(20)21/h4-11,13,19H,3,12H2,1-2H3,(H,22,23). The number of nitrogens with one attached hydrogen (secondary N) is 1. The summed E-state index contributed by atoms with van der Waals surface area (Å²) < 4.78 is 39.5. The molecule has 0 spiro atoms. The smallest absolute Gasteiger partial charge is 0.387 e. The van der Waals surface area contributed by atoms with Gasteiger partial charge in [0.15, 0.2) is 18.1 Å². The number of carbonyl (C=O) groups is 1. The fourth-order valence-corrected chi connectivity index (χ4v) is 2.29. The number of benzene rings is 2. The number of para-hydroxylation sites is 2. The lowest BCUT2D eigenvalue weighted by Gasteiger charge is -2.16. The van der Waals surface area contributed by atoms with Crippen LogP contribution in [0.3, 0.4) is 0 Å². The topological polar surface area (TPSA) is 56.8 Å². The minimum absolute atomic E-state index is 0.0677. The molecule has 5 nitrogen and oxygen atoms in total. The first-order valence-electron chi connectivity index (χ1n) is 8.18. The number of rotatable bonds is 9. The first kappa shape index (κ1) is 19.5. The quantitative estimate of drug-likeness (QED) is 0.731. The van der Waals surface area contributed by atoms with E-state index >= 15 is 0 Å². The average molecular weight is 365 g/mol. The van der Waals surface area contributed by atoms with Crippen molar-refractivity contribution in [3.05, 3.63) is 54.1 Å². The van der Waals surface area contributed by atoms with Crippen LogP contribution in [0.2, 0.25) is 0 Å². The Morgan fingerprint density at radius 2 is 1.65 bits per heavy atom. The van der Waals surface area contributed by atoms with Crippen LogP contribution in [0.4, 0.5) is 8.78 Å². The Balaban J connectivity index is 1.87. The molecule has 0 aromatic heterocycles. The highest BCUT2D eigenvalue weighted by molar-refractivity contribution is 5.78. The lowest BCUT2D eigenvalue weighted by molar-refractivity contribution is -0.123. The Labute approximate surface area is 150 Å². The summed E-state index contributed by atoms with van der Waals surface area (Å²) >= 11 is 0. The zero-order chi connectivity index (χ0) is 18.9. The fraction of sp³-hybridized carbons (Fsp3) is 0.316. The predicted molar refractivity (Wildman–Crippen MR) is 92.7 cm³/mol. The molecule has 0 heterocycles. The van der Waals surface area contributed by atoms with Crippen LogP contribution < -0.4 is 19.5 Å². The molecule has 2 aromatic rings. The molecule has 0 aliphatic rings. The molecule has 1 atom stereocenters. The second-order valence-corrected chi connectivity index (χ2v) is 5.41. The van der Waals surface area contributed by atoms with Gasteiger partial charge in [0.2, 0.25) is 0 Å². The van der Waals surface area contributed by atoms with Crippen molar-refractivity contribution in [2.75, 3.05) is 13.2 Å². The second kappa shape index (κ2) is 9.60. The summed E-state index contributed by atoms with van der Waals surface area (Å²) in [6.07, 6.45) is 0. The molecule has 0 saturated heterocycles. The van der Waals surface area contributed by atoms with E-state index in [0.29, 0.717) is 18.1 Å². The molecule has 0 aliphatic heterocycles. The number of ether oxygens (including phenoxy) is 3. The van der Waals surface area contributed by atoms with Gasteiger partial charge in [-0.15, -0.1) is 0 Å². The van der Waals surface area contributed by atoms with Crippen molar-refractivity contribution in [1.82, 2.24) is 5.32 Å². The number of hydrogen-bond donors (Lipinski definition) is 1. The predicted octanol–water partition coefficient (Wildman–Crippen LogP) is 3.94. The van der Waals surface area contributed by atoms with Crippen LogP contribution >= 0.6 is 0 Å². The third-order valence-electron chi connectivity index (χ3n) is 3.49. The van der Waals surface area contributed by atoms with Gasteiger partial charge in [0.1, 0.15) is 5.75 Å². The number of hydrogen-bond acceptors (Lipinski definition) is 4. The first-order valence-corrected chi connectivity index (χ1v) is 8.18. The highest BCUT2D eigenvalue weighted by Gasteiger charge is 2.12. The average Bonchev–Trinajstić information content (AvgIpc) is 2.61. The van der Waals surface area contributed by atoms with Crippen LogP contribution in [0.25, 0.3) is 0 Å². The Morgan fingerprint density at radius 3 is 2.23 bits per heavy atom. The van der Waals surface area contributed by atoms with Crippen LogP contribution in [-0.2, 0) is 4.79 Å². The molecule has 1 N–H and O–H groups in total. The molecule has 2 aromatic carbocycles. The van der Waals surface area contributed by atoms with E-state index in [1.54, 1.807) is 37.3 Å². The van der Waals surface area contributed by atoms with Crippen molar-refractivity contribution in [1.29, 1.82) is 0 Å². The molecule has 0 saturated carbocycles. The van der Waals surface area contributed by atoms with E-state index in [-0.39, 0.29) is 24.3 Å². The molecule has 1 unspecified atom stereocenters. The summed E-state index contributed by atoms with van der Waals surface area (Å²) in [5.41, 5.74) is 0.759. The normalized spacial score (nSPS) is 11.7. The van der Waals surface area contributed by atoms with E-state index in [0.717, 1.165) is 5.56 Å². The van der Waals surface area contributed by atoms with Gasteiger partial charge in [0, 0.05) is 0 Å². The van der Waals surface area contributed by atoms with Gasteiger partial charge in [-0.05, 0) is 43.7 Å².